The molecule has 0 spiro atoms. The van der Waals surface area contributed by atoms with Crippen molar-refractivity contribution >= 4 is 12.6 Å². The first-order chi connectivity index (χ1) is 10.8. The number of hydrogen-bond donors (Lipinski definition) is 1. The van der Waals surface area contributed by atoms with E-state index in [1.165, 1.54) is 64.2 Å². The van der Waals surface area contributed by atoms with Crippen LogP contribution >= 0.6 is 12.6 Å². The third-order valence-electron chi connectivity index (χ3n) is 4.85. The van der Waals surface area contributed by atoms with E-state index < -0.39 is 0 Å². The molecule has 1 saturated carbocycles. The lowest BCUT2D eigenvalue weighted by molar-refractivity contribution is 0.294. The number of unbranched alkanes of at least 4 members (excludes halogenated alkanes) is 4. The molecule has 0 atom stereocenters. The van der Waals surface area contributed by atoms with Crippen molar-refractivity contribution in [3.8, 4) is 11.8 Å². The maximum Gasteiger partial charge on any atom is 0.0246 e. The van der Waals surface area contributed by atoms with Gasteiger partial charge in [0.2, 0.25) is 0 Å². The van der Waals surface area contributed by atoms with Gasteiger partial charge in [-0.25, -0.2) is 0 Å². The highest BCUT2D eigenvalue weighted by atomic mass is 32.1. The first-order valence-corrected chi connectivity index (χ1v) is 9.53. The van der Waals surface area contributed by atoms with Gasteiger partial charge in [0, 0.05) is 16.4 Å². The lowest BCUT2D eigenvalue weighted by Crippen LogP contribution is -2.13. The van der Waals surface area contributed by atoms with Gasteiger partial charge in [-0.1, -0.05) is 57.3 Å². The summed E-state index contributed by atoms with van der Waals surface area (Å²) in [5, 5.41) is 0. The van der Waals surface area contributed by atoms with Crippen molar-refractivity contribution in [2.75, 3.05) is 0 Å². The second-order valence-electron chi connectivity index (χ2n) is 6.74. The minimum Gasteiger partial charge on any atom is -0.143 e. The van der Waals surface area contributed by atoms with Gasteiger partial charge in [-0.3, -0.25) is 0 Å². The molecule has 1 aliphatic rings. The van der Waals surface area contributed by atoms with Crippen LogP contribution in [0.15, 0.2) is 29.2 Å². The topological polar surface area (TPSA) is 0 Å². The van der Waals surface area contributed by atoms with Crippen molar-refractivity contribution in [1.82, 2.24) is 0 Å². The average molecular weight is 315 g/mol. The first kappa shape index (κ1) is 17.5. The molecule has 0 radical (unpaired) electrons. The Labute approximate surface area is 142 Å². The molecular formula is C21H30S. The Morgan fingerprint density at radius 3 is 2.32 bits per heavy atom. The van der Waals surface area contributed by atoms with Crippen LogP contribution in [-0.4, -0.2) is 0 Å². The second-order valence-corrected chi connectivity index (χ2v) is 7.25. The molecule has 1 heteroatoms. The minimum atomic E-state index is 0.618. The molecule has 0 unspecified atom stereocenters. The van der Waals surface area contributed by atoms with Crippen molar-refractivity contribution in [3.05, 3.63) is 29.8 Å². The fourth-order valence-corrected chi connectivity index (χ4v) is 3.51. The van der Waals surface area contributed by atoms with Gasteiger partial charge in [0.25, 0.3) is 0 Å². The van der Waals surface area contributed by atoms with Gasteiger partial charge >= 0.3 is 0 Å². The van der Waals surface area contributed by atoms with Crippen molar-refractivity contribution < 1.29 is 0 Å². The Bertz CT molecular complexity index is 469. The fraction of sp³-hybridized carbons (Fsp3) is 0.619. The van der Waals surface area contributed by atoms with Crippen molar-refractivity contribution in [2.45, 2.75) is 76.0 Å². The molecule has 0 saturated heterocycles. The van der Waals surface area contributed by atoms with E-state index in [9.17, 15) is 0 Å². The van der Waals surface area contributed by atoms with E-state index in [4.69, 9.17) is 0 Å². The maximum absolute atomic E-state index is 4.31. The SMILES string of the molecule is CCCCCCCC1CCC(C#Cc2ccc(S)cc2)CC1. The highest BCUT2D eigenvalue weighted by Gasteiger charge is 2.19. The van der Waals surface area contributed by atoms with Gasteiger partial charge in [0.05, 0.1) is 0 Å². The van der Waals surface area contributed by atoms with Gasteiger partial charge in [-0.05, 0) is 55.9 Å². The van der Waals surface area contributed by atoms with Gasteiger partial charge in [-0.15, -0.1) is 12.6 Å². The van der Waals surface area contributed by atoms with E-state index in [1.54, 1.807) is 0 Å². The predicted molar refractivity (Wildman–Crippen MR) is 99.4 cm³/mol. The Morgan fingerprint density at radius 1 is 0.955 bits per heavy atom. The zero-order valence-electron chi connectivity index (χ0n) is 14.0. The third-order valence-corrected chi connectivity index (χ3v) is 5.15. The summed E-state index contributed by atoms with van der Waals surface area (Å²) in [5.41, 5.74) is 1.12. The van der Waals surface area contributed by atoms with Crippen LogP contribution < -0.4 is 0 Å². The summed E-state index contributed by atoms with van der Waals surface area (Å²) < 4.78 is 0. The lowest BCUT2D eigenvalue weighted by Gasteiger charge is -2.25. The normalized spacial score (nSPS) is 21.2. The lowest BCUT2D eigenvalue weighted by atomic mass is 9.80. The van der Waals surface area contributed by atoms with Gasteiger partial charge < -0.3 is 0 Å². The van der Waals surface area contributed by atoms with Crippen molar-refractivity contribution in [3.63, 3.8) is 0 Å². The zero-order valence-corrected chi connectivity index (χ0v) is 14.9. The Hall–Kier alpha value is -0.870. The van der Waals surface area contributed by atoms with Crippen LogP contribution in [-0.2, 0) is 0 Å². The molecule has 0 aliphatic heterocycles. The van der Waals surface area contributed by atoms with E-state index >= 15 is 0 Å². The van der Waals surface area contributed by atoms with E-state index in [2.05, 4.69) is 43.5 Å². The molecule has 0 N–H and O–H groups in total. The summed E-state index contributed by atoms with van der Waals surface area (Å²) >= 11 is 4.31. The number of benzene rings is 1. The number of thiol groups is 1. The molecule has 0 nitrogen and oxygen atoms in total. The predicted octanol–water partition coefficient (Wildman–Crippen LogP) is 6.49. The van der Waals surface area contributed by atoms with Crippen LogP contribution in [0.25, 0.3) is 0 Å². The summed E-state index contributed by atoms with van der Waals surface area (Å²) in [6, 6.07) is 8.17. The fourth-order valence-electron chi connectivity index (χ4n) is 3.36. The third kappa shape index (κ3) is 6.49. The van der Waals surface area contributed by atoms with E-state index in [1.807, 2.05) is 12.1 Å². The van der Waals surface area contributed by atoms with E-state index in [-0.39, 0.29) is 0 Å². The summed E-state index contributed by atoms with van der Waals surface area (Å²) in [4.78, 5) is 1.00. The minimum absolute atomic E-state index is 0.618. The molecule has 0 heterocycles. The molecule has 1 aromatic rings. The molecule has 0 bridgehead atoms. The Balaban J connectivity index is 1.66. The maximum atomic E-state index is 4.31. The van der Waals surface area contributed by atoms with Crippen LogP contribution in [0.1, 0.15) is 76.7 Å². The van der Waals surface area contributed by atoms with Crippen LogP contribution in [0.4, 0.5) is 0 Å². The van der Waals surface area contributed by atoms with Gasteiger partial charge in [-0.2, -0.15) is 0 Å². The van der Waals surface area contributed by atoms with Gasteiger partial charge in [0.1, 0.15) is 0 Å². The van der Waals surface area contributed by atoms with Crippen LogP contribution in [0, 0.1) is 23.7 Å². The molecule has 1 fully saturated rings. The standard InChI is InChI=1S/C21H30S/c1-2-3-4-5-6-7-18-8-10-19(11-9-18)12-13-20-14-16-21(22)17-15-20/h14-19,22H,2-11H2,1H3. The van der Waals surface area contributed by atoms with Crippen LogP contribution in [0.2, 0.25) is 0 Å². The smallest absolute Gasteiger partial charge is 0.0246 e. The highest BCUT2D eigenvalue weighted by Crippen LogP contribution is 2.31. The quantitative estimate of drug-likeness (QED) is 0.346. The molecule has 2 rings (SSSR count). The summed E-state index contributed by atoms with van der Waals surface area (Å²) in [6.45, 7) is 2.29. The molecule has 0 aromatic heterocycles. The molecule has 1 aromatic carbocycles. The largest absolute Gasteiger partial charge is 0.143 e. The number of hydrogen-bond acceptors (Lipinski definition) is 1. The summed E-state index contributed by atoms with van der Waals surface area (Å²) in [6.07, 6.45) is 13.9. The Morgan fingerprint density at radius 2 is 1.64 bits per heavy atom. The van der Waals surface area contributed by atoms with Crippen LogP contribution in [0.3, 0.4) is 0 Å². The molecule has 22 heavy (non-hydrogen) atoms. The second kappa shape index (κ2) is 10.0. The van der Waals surface area contributed by atoms with Crippen molar-refractivity contribution in [1.29, 1.82) is 0 Å². The zero-order chi connectivity index (χ0) is 15.6. The summed E-state index contributed by atoms with van der Waals surface area (Å²) in [5.74, 6) is 8.42. The van der Waals surface area contributed by atoms with Crippen LogP contribution in [0.5, 0.6) is 0 Å². The molecule has 0 amide bonds. The van der Waals surface area contributed by atoms with E-state index in [0.29, 0.717) is 5.92 Å². The van der Waals surface area contributed by atoms with Crippen molar-refractivity contribution in [2.24, 2.45) is 11.8 Å². The number of rotatable bonds is 6. The highest BCUT2D eigenvalue weighted by molar-refractivity contribution is 7.80. The average Bonchev–Trinajstić information content (AvgIpc) is 2.55. The molecule has 1 aliphatic carbocycles. The van der Waals surface area contributed by atoms with E-state index in [0.717, 1.165) is 16.4 Å². The molecular weight excluding hydrogens is 284 g/mol. The monoisotopic (exact) mass is 314 g/mol. The Kier molecular flexibility index (Phi) is 7.95. The first-order valence-electron chi connectivity index (χ1n) is 9.08. The van der Waals surface area contributed by atoms with Gasteiger partial charge in [0.15, 0.2) is 0 Å². The summed E-state index contributed by atoms with van der Waals surface area (Å²) in [7, 11) is 0. The molecule has 120 valence electrons.